The number of H-pyrrole nitrogens is 1. The Kier molecular flexibility index (Phi) is 5.25. The molecule has 1 aromatic carbocycles. The summed E-state index contributed by atoms with van der Waals surface area (Å²) in [5.74, 6) is 0.944. The van der Waals surface area contributed by atoms with Gasteiger partial charge in [0.2, 0.25) is 0 Å². The summed E-state index contributed by atoms with van der Waals surface area (Å²) >= 11 is 12.0. The van der Waals surface area contributed by atoms with E-state index >= 15 is 0 Å². The molecule has 1 heterocycles. The van der Waals surface area contributed by atoms with Crippen LogP contribution in [0.4, 0.5) is 0 Å². The first-order valence-electron chi connectivity index (χ1n) is 6.37. The van der Waals surface area contributed by atoms with E-state index in [9.17, 15) is 0 Å². The van der Waals surface area contributed by atoms with Gasteiger partial charge in [0, 0.05) is 12.4 Å². The first-order valence-corrected chi connectivity index (χ1v) is 7.13. The third kappa shape index (κ3) is 3.96. The zero-order valence-electron chi connectivity index (χ0n) is 10.8. The Bertz CT molecular complexity index is 511. The maximum Gasteiger partial charge on any atom is 0.123 e. The molecule has 0 amide bonds. The van der Waals surface area contributed by atoms with Gasteiger partial charge in [-0.3, -0.25) is 0 Å². The second-order valence-electron chi connectivity index (χ2n) is 4.43. The monoisotopic (exact) mass is 297 g/mol. The minimum absolute atomic E-state index is 0.159. The lowest BCUT2D eigenvalue weighted by Crippen LogP contribution is -2.25. The van der Waals surface area contributed by atoms with Crippen molar-refractivity contribution in [3.63, 3.8) is 0 Å². The maximum atomic E-state index is 6.05. The van der Waals surface area contributed by atoms with Crippen molar-refractivity contribution in [3.05, 3.63) is 52.0 Å². The van der Waals surface area contributed by atoms with E-state index in [0.717, 1.165) is 30.8 Å². The second kappa shape index (κ2) is 6.94. The molecule has 0 spiro atoms. The minimum atomic E-state index is 0.159. The Labute approximate surface area is 123 Å². The van der Waals surface area contributed by atoms with Gasteiger partial charge in [0.05, 0.1) is 16.1 Å². The molecule has 1 unspecified atom stereocenters. The molecule has 0 fully saturated rings. The zero-order valence-corrected chi connectivity index (χ0v) is 12.3. The fraction of sp³-hybridized carbons (Fsp3) is 0.357. The van der Waals surface area contributed by atoms with Crippen molar-refractivity contribution < 1.29 is 0 Å². The van der Waals surface area contributed by atoms with E-state index in [2.05, 4.69) is 22.2 Å². The van der Waals surface area contributed by atoms with Crippen LogP contribution < -0.4 is 5.32 Å². The molecule has 102 valence electrons. The largest absolute Gasteiger partial charge is 0.347 e. The quantitative estimate of drug-likeness (QED) is 0.846. The van der Waals surface area contributed by atoms with Crippen molar-refractivity contribution in [1.82, 2.24) is 15.3 Å². The first-order chi connectivity index (χ1) is 9.20. The topological polar surface area (TPSA) is 40.7 Å². The van der Waals surface area contributed by atoms with Crippen LogP contribution in [0.5, 0.6) is 0 Å². The number of aromatic amines is 1. The van der Waals surface area contributed by atoms with Gasteiger partial charge in [-0.05, 0) is 37.1 Å². The molecule has 2 N–H and O–H groups in total. The summed E-state index contributed by atoms with van der Waals surface area (Å²) in [5, 5.41) is 4.66. The van der Waals surface area contributed by atoms with Crippen molar-refractivity contribution in [2.45, 2.75) is 25.8 Å². The Morgan fingerprint density at radius 2 is 2.16 bits per heavy atom. The highest BCUT2D eigenvalue weighted by molar-refractivity contribution is 6.42. The van der Waals surface area contributed by atoms with E-state index < -0.39 is 0 Å². The summed E-state index contributed by atoms with van der Waals surface area (Å²) in [4.78, 5) is 7.49. The van der Waals surface area contributed by atoms with Gasteiger partial charge < -0.3 is 10.3 Å². The molecule has 0 aliphatic heterocycles. The Hall–Kier alpha value is -1.03. The fourth-order valence-corrected chi connectivity index (χ4v) is 2.28. The summed E-state index contributed by atoms with van der Waals surface area (Å²) in [6.45, 7) is 3.10. The van der Waals surface area contributed by atoms with Crippen LogP contribution in [0.3, 0.4) is 0 Å². The number of hydrogen-bond donors (Lipinski definition) is 2. The molecule has 3 nitrogen and oxygen atoms in total. The van der Waals surface area contributed by atoms with E-state index in [0.29, 0.717) is 10.0 Å². The summed E-state index contributed by atoms with van der Waals surface area (Å²) in [5.41, 5.74) is 1.14. The molecule has 1 atom stereocenters. The molecule has 19 heavy (non-hydrogen) atoms. The van der Waals surface area contributed by atoms with Crippen molar-refractivity contribution in [2.24, 2.45) is 0 Å². The summed E-state index contributed by atoms with van der Waals surface area (Å²) in [7, 11) is 0. The van der Waals surface area contributed by atoms with Crippen LogP contribution in [0.2, 0.25) is 10.0 Å². The molecule has 0 bridgehead atoms. The minimum Gasteiger partial charge on any atom is -0.347 e. The number of hydrogen-bond acceptors (Lipinski definition) is 2. The lowest BCUT2D eigenvalue weighted by atomic mass is 10.1. The molecule has 2 aromatic rings. The van der Waals surface area contributed by atoms with Crippen molar-refractivity contribution >= 4 is 23.2 Å². The van der Waals surface area contributed by atoms with E-state index in [-0.39, 0.29) is 6.04 Å². The Morgan fingerprint density at radius 1 is 1.32 bits per heavy atom. The van der Waals surface area contributed by atoms with Gasteiger partial charge in [0.1, 0.15) is 5.82 Å². The lowest BCUT2D eigenvalue weighted by molar-refractivity contribution is 0.508. The van der Waals surface area contributed by atoms with Crippen LogP contribution in [0.15, 0.2) is 30.6 Å². The average Bonchev–Trinajstić information content (AvgIpc) is 2.92. The third-order valence-electron chi connectivity index (χ3n) is 2.91. The molecule has 0 aliphatic rings. The maximum absolute atomic E-state index is 6.05. The van der Waals surface area contributed by atoms with Gasteiger partial charge in [-0.2, -0.15) is 0 Å². The number of aromatic nitrogens is 2. The van der Waals surface area contributed by atoms with E-state index in [1.165, 1.54) is 0 Å². The highest BCUT2D eigenvalue weighted by Gasteiger charge is 2.14. The molecule has 2 rings (SSSR count). The van der Waals surface area contributed by atoms with Gasteiger partial charge >= 0.3 is 0 Å². The van der Waals surface area contributed by atoms with Crippen LogP contribution in [-0.2, 0) is 6.42 Å². The number of imidazole rings is 1. The predicted octanol–water partition coefficient (Wildman–Crippen LogP) is 4.00. The fourth-order valence-electron chi connectivity index (χ4n) is 1.95. The standard InChI is InChI=1S/C14H17Cl2N3/c1-2-5-17-13(14-18-6-7-19-14)9-10-3-4-11(15)12(16)8-10/h3-4,6-8,13,17H,2,5,9H2,1H3,(H,18,19). The van der Waals surface area contributed by atoms with Gasteiger partial charge in [-0.15, -0.1) is 0 Å². The number of nitrogens with zero attached hydrogens (tertiary/aromatic N) is 1. The number of nitrogens with one attached hydrogen (secondary N) is 2. The van der Waals surface area contributed by atoms with Gasteiger partial charge in [-0.1, -0.05) is 36.2 Å². The Balaban J connectivity index is 2.13. The first kappa shape index (κ1) is 14.4. The van der Waals surface area contributed by atoms with Gasteiger partial charge in [0.15, 0.2) is 0 Å². The lowest BCUT2D eigenvalue weighted by Gasteiger charge is -2.16. The summed E-state index contributed by atoms with van der Waals surface area (Å²) in [6.07, 6.45) is 5.51. The Morgan fingerprint density at radius 3 is 2.79 bits per heavy atom. The number of rotatable bonds is 6. The molecular weight excluding hydrogens is 281 g/mol. The normalized spacial score (nSPS) is 12.6. The molecule has 0 saturated carbocycles. The second-order valence-corrected chi connectivity index (χ2v) is 5.25. The zero-order chi connectivity index (χ0) is 13.7. The molecule has 1 aromatic heterocycles. The van der Waals surface area contributed by atoms with E-state index in [4.69, 9.17) is 23.2 Å². The van der Waals surface area contributed by atoms with Crippen LogP contribution in [0.1, 0.15) is 30.8 Å². The summed E-state index contributed by atoms with van der Waals surface area (Å²) < 4.78 is 0. The predicted molar refractivity (Wildman–Crippen MR) is 79.8 cm³/mol. The number of benzene rings is 1. The molecular formula is C14H17Cl2N3. The van der Waals surface area contributed by atoms with Crippen LogP contribution in [0.25, 0.3) is 0 Å². The molecule has 0 saturated heterocycles. The van der Waals surface area contributed by atoms with Crippen molar-refractivity contribution in [2.75, 3.05) is 6.54 Å². The number of halogens is 2. The molecule has 0 aliphatic carbocycles. The van der Waals surface area contributed by atoms with Crippen molar-refractivity contribution in [1.29, 1.82) is 0 Å². The molecule has 0 radical (unpaired) electrons. The highest BCUT2D eigenvalue weighted by atomic mass is 35.5. The molecule has 5 heteroatoms. The average molecular weight is 298 g/mol. The van der Waals surface area contributed by atoms with Gasteiger partial charge in [0.25, 0.3) is 0 Å². The third-order valence-corrected chi connectivity index (χ3v) is 3.65. The smallest absolute Gasteiger partial charge is 0.123 e. The SMILES string of the molecule is CCCNC(Cc1ccc(Cl)c(Cl)c1)c1ncc[nH]1. The van der Waals surface area contributed by atoms with Crippen molar-refractivity contribution in [3.8, 4) is 0 Å². The van der Waals surface area contributed by atoms with Gasteiger partial charge in [-0.25, -0.2) is 4.98 Å². The van der Waals surface area contributed by atoms with Crippen LogP contribution in [-0.4, -0.2) is 16.5 Å². The van der Waals surface area contributed by atoms with E-state index in [1.807, 2.05) is 24.4 Å². The highest BCUT2D eigenvalue weighted by Crippen LogP contribution is 2.25. The summed E-state index contributed by atoms with van der Waals surface area (Å²) in [6, 6.07) is 5.90. The van der Waals surface area contributed by atoms with Crippen LogP contribution in [0, 0.1) is 0 Å². The van der Waals surface area contributed by atoms with Crippen LogP contribution >= 0.6 is 23.2 Å². The van der Waals surface area contributed by atoms with E-state index in [1.54, 1.807) is 6.20 Å².